The van der Waals surface area contributed by atoms with Crippen LogP contribution in [0.1, 0.15) is 0 Å². The molecule has 1 saturated heterocycles. The van der Waals surface area contributed by atoms with Gasteiger partial charge in [0.15, 0.2) is 5.82 Å². The lowest BCUT2D eigenvalue weighted by atomic mass is 10.2. The minimum atomic E-state index is -3.56. The number of carbonyl (C=O) groups excluding carboxylic acids is 1. The molecule has 2 heterocycles. The second kappa shape index (κ2) is 9.81. The molecule has 0 atom stereocenters. The lowest BCUT2D eigenvalue weighted by Crippen LogP contribution is -2.50. The van der Waals surface area contributed by atoms with E-state index in [9.17, 15) is 13.2 Å². The number of hydrogen-bond acceptors (Lipinski definition) is 8. The molecule has 1 aliphatic rings. The molecule has 0 bridgehead atoms. The number of hydrogen-bond donors (Lipinski definition) is 1. The van der Waals surface area contributed by atoms with Crippen LogP contribution in [0.4, 0.5) is 0 Å². The first-order valence-electron chi connectivity index (χ1n) is 10.2. The van der Waals surface area contributed by atoms with Crippen molar-refractivity contribution >= 4 is 27.7 Å². The zero-order valence-electron chi connectivity index (χ0n) is 18.0. The Morgan fingerprint density at radius 2 is 1.70 bits per heavy atom. The summed E-state index contributed by atoms with van der Waals surface area (Å²) in [6.45, 7) is 1.15. The molecular weight excluding hydrogens is 464 g/mol. The summed E-state index contributed by atoms with van der Waals surface area (Å²) < 4.78 is 33.6. The van der Waals surface area contributed by atoms with E-state index in [2.05, 4.69) is 10.2 Å². The van der Waals surface area contributed by atoms with E-state index >= 15 is 0 Å². The SMILES string of the molecule is COc1ccccc1-c1nnc(SCC(=O)N2CCN(S(=O)(=O)c3ccccc3)CC2)n1N. The number of para-hydroxylation sites is 1. The molecule has 0 aliphatic carbocycles. The Balaban J connectivity index is 1.35. The lowest BCUT2D eigenvalue weighted by molar-refractivity contribution is -0.129. The number of piperazine rings is 1. The van der Waals surface area contributed by atoms with Crippen LogP contribution in [0.15, 0.2) is 64.6 Å². The number of sulfonamides is 1. The van der Waals surface area contributed by atoms with E-state index in [1.54, 1.807) is 48.4 Å². The van der Waals surface area contributed by atoms with Crippen LogP contribution in [0.3, 0.4) is 0 Å². The second-order valence-corrected chi connectivity index (χ2v) is 10.1. The smallest absolute Gasteiger partial charge is 0.243 e. The van der Waals surface area contributed by atoms with Crippen molar-refractivity contribution < 1.29 is 17.9 Å². The molecule has 1 amide bonds. The van der Waals surface area contributed by atoms with Gasteiger partial charge in [0.05, 0.1) is 23.3 Å². The topological polar surface area (TPSA) is 124 Å². The second-order valence-electron chi connectivity index (χ2n) is 7.26. The number of ether oxygens (including phenoxy) is 1. The molecule has 10 nitrogen and oxygen atoms in total. The number of nitrogens with two attached hydrogens (primary N) is 1. The third kappa shape index (κ3) is 4.82. The van der Waals surface area contributed by atoms with Gasteiger partial charge in [-0.1, -0.05) is 42.1 Å². The fourth-order valence-corrected chi connectivity index (χ4v) is 5.73. The molecule has 33 heavy (non-hydrogen) atoms. The number of aromatic nitrogens is 3. The number of nitrogen functional groups attached to an aromatic ring is 1. The highest BCUT2D eigenvalue weighted by molar-refractivity contribution is 7.99. The Morgan fingerprint density at radius 3 is 2.39 bits per heavy atom. The standard InChI is InChI=1S/C21H24N6O4S2/c1-31-18-10-6-5-9-17(18)20-23-24-21(27(20)22)32-15-19(28)25-11-13-26(14-12-25)33(29,30)16-7-3-2-4-8-16/h2-10H,11-15,22H2,1H3. The average Bonchev–Trinajstić information content (AvgIpc) is 3.23. The van der Waals surface area contributed by atoms with Crippen molar-refractivity contribution in [2.45, 2.75) is 10.1 Å². The molecule has 3 aromatic rings. The van der Waals surface area contributed by atoms with Crippen LogP contribution in [-0.2, 0) is 14.8 Å². The zero-order chi connectivity index (χ0) is 23.4. The third-order valence-corrected chi connectivity index (χ3v) is 8.15. The zero-order valence-corrected chi connectivity index (χ0v) is 19.6. The summed E-state index contributed by atoms with van der Waals surface area (Å²) in [4.78, 5) is 14.6. The molecule has 0 spiro atoms. The van der Waals surface area contributed by atoms with Crippen molar-refractivity contribution in [1.82, 2.24) is 24.1 Å². The average molecular weight is 489 g/mol. The number of benzene rings is 2. The van der Waals surface area contributed by atoms with Crippen molar-refractivity contribution in [2.24, 2.45) is 0 Å². The minimum absolute atomic E-state index is 0.112. The fraction of sp³-hybridized carbons (Fsp3) is 0.286. The summed E-state index contributed by atoms with van der Waals surface area (Å²) in [6, 6.07) is 15.6. The van der Waals surface area contributed by atoms with Gasteiger partial charge in [-0.3, -0.25) is 4.79 Å². The van der Waals surface area contributed by atoms with Crippen LogP contribution in [-0.4, -0.2) is 77.4 Å². The highest BCUT2D eigenvalue weighted by Crippen LogP contribution is 2.29. The van der Waals surface area contributed by atoms with Gasteiger partial charge in [0, 0.05) is 26.2 Å². The number of carbonyl (C=O) groups is 1. The fourth-order valence-electron chi connectivity index (χ4n) is 3.53. The summed E-state index contributed by atoms with van der Waals surface area (Å²) in [5.74, 6) is 7.22. The minimum Gasteiger partial charge on any atom is -0.496 e. The van der Waals surface area contributed by atoms with Gasteiger partial charge in [-0.05, 0) is 24.3 Å². The first-order chi connectivity index (χ1) is 15.9. The summed E-state index contributed by atoms with van der Waals surface area (Å²) in [5.41, 5.74) is 0.698. The quantitative estimate of drug-likeness (QED) is 0.390. The van der Waals surface area contributed by atoms with Crippen LogP contribution in [0.5, 0.6) is 5.75 Å². The van der Waals surface area contributed by atoms with Crippen LogP contribution in [0.25, 0.3) is 11.4 Å². The number of nitrogens with zero attached hydrogens (tertiary/aromatic N) is 5. The number of thioether (sulfide) groups is 1. The Kier molecular flexibility index (Phi) is 6.86. The van der Waals surface area contributed by atoms with E-state index in [0.29, 0.717) is 35.4 Å². The molecule has 2 aromatic carbocycles. The Labute approximate surface area is 196 Å². The summed E-state index contributed by atoms with van der Waals surface area (Å²) in [5, 5.41) is 8.64. The molecule has 174 valence electrons. The predicted octanol–water partition coefficient (Wildman–Crippen LogP) is 1.29. The lowest BCUT2D eigenvalue weighted by Gasteiger charge is -2.34. The maximum Gasteiger partial charge on any atom is 0.243 e. The van der Waals surface area contributed by atoms with E-state index in [1.165, 1.54) is 20.7 Å². The van der Waals surface area contributed by atoms with Crippen molar-refractivity contribution in [3.63, 3.8) is 0 Å². The Bertz CT molecular complexity index is 1220. The molecule has 0 saturated carbocycles. The van der Waals surface area contributed by atoms with E-state index < -0.39 is 10.0 Å². The molecule has 4 rings (SSSR count). The van der Waals surface area contributed by atoms with Gasteiger partial charge < -0.3 is 15.5 Å². The maximum atomic E-state index is 12.8. The van der Waals surface area contributed by atoms with Gasteiger partial charge in [-0.25, -0.2) is 13.1 Å². The number of rotatable bonds is 7. The molecular formula is C21H24N6O4S2. The molecule has 1 fully saturated rings. The van der Waals surface area contributed by atoms with Crippen molar-refractivity contribution in [3.05, 3.63) is 54.6 Å². The van der Waals surface area contributed by atoms with E-state index in [4.69, 9.17) is 10.6 Å². The monoisotopic (exact) mass is 488 g/mol. The summed E-state index contributed by atoms with van der Waals surface area (Å²) in [7, 11) is -1.99. The van der Waals surface area contributed by atoms with Crippen molar-refractivity contribution in [1.29, 1.82) is 0 Å². The van der Waals surface area contributed by atoms with Crippen LogP contribution in [0.2, 0.25) is 0 Å². The van der Waals surface area contributed by atoms with Gasteiger partial charge in [0.2, 0.25) is 21.1 Å². The van der Waals surface area contributed by atoms with Gasteiger partial charge in [0.25, 0.3) is 0 Å². The molecule has 1 aliphatic heterocycles. The first-order valence-corrected chi connectivity index (χ1v) is 12.6. The first kappa shape index (κ1) is 23.1. The molecule has 12 heteroatoms. The predicted molar refractivity (Wildman–Crippen MR) is 125 cm³/mol. The van der Waals surface area contributed by atoms with Crippen molar-refractivity contribution in [2.75, 3.05) is 44.9 Å². The molecule has 2 N–H and O–H groups in total. The molecule has 1 aromatic heterocycles. The highest BCUT2D eigenvalue weighted by Gasteiger charge is 2.30. The molecule has 0 radical (unpaired) electrons. The van der Waals surface area contributed by atoms with Gasteiger partial charge >= 0.3 is 0 Å². The van der Waals surface area contributed by atoms with Crippen LogP contribution < -0.4 is 10.6 Å². The number of methoxy groups -OCH3 is 1. The normalized spacial score (nSPS) is 14.9. The molecule has 0 unspecified atom stereocenters. The maximum absolute atomic E-state index is 12.8. The van der Waals surface area contributed by atoms with Gasteiger partial charge in [-0.2, -0.15) is 4.31 Å². The van der Waals surface area contributed by atoms with Gasteiger partial charge in [-0.15, -0.1) is 10.2 Å². The van der Waals surface area contributed by atoms with E-state index in [1.807, 2.05) is 18.2 Å². The Morgan fingerprint density at radius 1 is 1.03 bits per heavy atom. The van der Waals surface area contributed by atoms with Gasteiger partial charge in [0.1, 0.15) is 5.75 Å². The number of amides is 1. The van der Waals surface area contributed by atoms with Crippen LogP contribution in [0, 0.1) is 0 Å². The van der Waals surface area contributed by atoms with E-state index in [-0.39, 0.29) is 29.6 Å². The Hall–Kier alpha value is -3.09. The van der Waals surface area contributed by atoms with Crippen LogP contribution >= 0.6 is 11.8 Å². The largest absolute Gasteiger partial charge is 0.496 e. The summed E-state index contributed by atoms with van der Waals surface area (Å²) in [6.07, 6.45) is 0. The van der Waals surface area contributed by atoms with Crippen molar-refractivity contribution in [3.8, 4) is 17.1 Å². The van der Waals surface area contributed by atoms with E-state index in [0.717, 1.165) is 0 Å². The summed E-state index contributed by atoms with van der Waals surface area (Å²) >= 11 is 1.18. The third-order valence-electron chi connectivity index (χ3n) is 5.31. The highest BCUT2D eigenvalue weighted by atomic mass is 32.2.